The van der Waals surface area contributed by atoms with Gasteiger partial charge < -0.3 is 10.4 Å². The van der Waals surface area contributed by atoms with E-state index in [1.807, 2.05) is 0 Å². The van der Waals surface area contributed by atoms with Crippen molar-refractivity contribution < 1.29 is 5.11 Å². The van der Waals surface area contributed by atoms with E-state index in [9.17, 15) is 5.11 Å². The third kappa shape index (κ3) is 2.99. The average Bonchev–Trinajstić information content (AvgIpc) is 2.74. The van der Waals surface area contributed by atoms with Gasteiger partial charge in [0.15, 0.2) is 0 Å². The topological polar surface area (TPSA) is 75.9 Å². The molecule has 0 saturated heterocycles. The van der Waals surface area contributed by atoms with Crippen LogP contribution in [0.4, 0.5) is 0 Å². The van der Waals surface area contributed by atoms with E-state index in [1.54, 1.807) is 7.05 Å². The molecule has 1 aromatic heterocycles. The average molecular weight is 225 g/mol. The number of aryl methyl sites for hydroxylation is 1. The van der Waals surface area contributed by atoms with E-state index < -0.39 is 6.10 Å². The summed E-state index contributed by atoms with van der Waals surface area (Å²) in [6, 6.07) is 0.542. The van der Waals surface area contributed by atoms with E-state index >= 15 is 0 Å². The zero-order valence-corrected chi connectivity index (χ0v) is 9.63. The van der Waals surface area contributed by atoms with Gasteiger partial charge in [-0.05, 0) is 18.1 Å². The van der Waals surface area contributed by atoms with Gasteiger partial charge in [0.1, 0.15) is 6.10 Å². The molecule has 6 heteroatoms. The van der Waals surface area contributed by atoms with Gasteiger partial charge in [0.05, 0.1) is 7.05 Å². The van der Waals surface area contributed by atoms with Crippen molar-refractivity contribution in [3.8, 4) is 0 Å². The molecule has 16 heavy (non-hydrogen) atoms. The predicted molar refractivity (Wildman–Crippen MR) is 58.6 cm³/mol. The Labute approximate surface area is 95.0 Å². The van der Waals surface area contributed by atoms with E-state index in [0.717, 1.165) is 0 Å². The lowest BCUT2D eigenvalue weighted by Gasteiger charge is -2.23. The molecule has 1 aliphatic carbocycles. The van der Waals surface area contributed by atoms with Gasteiger partial charge in [0.2, 0.25) is 5.82 Å². The Bertz CT molecular complexity index is 321. The Hall–Kier alpha value is -1.01. The van der Waals surface area contributed by atoms with E-state index in [4.69, 9.17) is 0 Å². The molecule has 2 N–H and O–H groups in total. The third-order valence-corrected chi connectivity index (χ3v) is 3.03. The molecule has 90 valence electrons. The number of hydrogen-bond acceptors (Lipinski definition) is 5. The zero-order valence-electron chi connectivity index (χ0n) is 9.63. The molecule has 1 heterocycles. The molecule has 1 aromatic rings. The summed E-state index contributed by atoms with van der Waals surface area (Å²) < 4.78 is 0. The number of tetrazole rings is 1. The summed E-state index contributed by atoms with van der Waals surface area (Å²) in [6.07, 6.45) is 5.68. The van der Waals surface area contributed by atoms with E-state index in [1.165, 1.54) is 36.9 Å². The van der Waals surface area contributed by atoms with Crippen LogP contribution in [0.2, 0.25) is 0 Å². The molecular formula is C10H19N5O. The molecule has 1 saturated carbocycles. The van der Waals surface area contributed by atoms with Gasteiger partial charge in [0.25, 0.3) is 0 Å². The summed E-state index contributed by atoms with van der Waals surface area (Å²) in [7, 11) is 1.69. The number of nitrogens with one attached hydrogen (secondary N) is 1. The largest absolute Gasteiger partial charge is 0.384 e. The number of nitrogens with zero attached hydrogens (tertiary/aromatic N) is 4. The molecule has 6 nitrogen and oxygen atoms in total. The summed E-state index contributed by atoms with van der Waals surface area (Å²) in [5, 5.41) is 24.7. The molecule has 0 spiro atoms. The molecule has 0 radical (unpaired) electrons. The Morgan fingerprint density at radius 1 is 1.44 bits per heavy atom. The highest BCUT2D eigenvalue weighted by molar-refractivity contribution is 4.86. The molecule has 0 aliphatic heterocycles. The standard InChI is InChI=1S/C10H19N5O/c1-15-13-10(12-14-15)9(16)7-11-8-5-3-2-4-6-8/h8-9,11,16H,2-7H2,1H3/t9-/m0/s1. The monoisotopic (exact) mass is 225 g/mol. The fourth-order valence-corrected chi connectivity index (χ4v) is 2.11. The van der Waals surface area contributed by atoms with Crippen molar-refractivity contribution >= 4 is 0 Å². The Morgan fingerprint density at radius 2 is 2.19 bits per heavy atom. The van der Waals surface area contributed by atoms with E-state index in [0.29, 0.717) is 18.4 Å². The summed E-state index contributed by atoms with van der Waals surface area (Å²) in [5.74, 6) is 0.394. The first kappa shape index (κ1) is 11.5. The lowest BCUT2D eigenvalue weighted by atomic mass is 9.95. The van der Waals surface area contributed by atoms with Crippen molar-refractivity contribution in [1.82, 2.24) is 25.5 Å². The van der Waals surface area contributed by atoms with Crippen LogP contribution in [0.15, 0.2) is 0 Å². The van der Waals surface area contributed by atoms with Crippen LogP contribution in [0.5, 0.6) is 0 Å². The fraction of sp³-hybridized carbons (Fsp3) is 0.900. The normalized spacial score (nSPS) is 19.9. The fourth-order valence-electron chi connectivity index (χ4n) is 2.11. The van der Waals surface area contributed by atoms with Crippen LogP contribution in [-0.2, 0) is 7.05 Å². The van der Waals surface area contributed by atoms with Crippen molar-refractivity contribution in [3.63, 3.8) is 0 Å². The maximum absolute atomic E-state index is 9.82. The van der Waals surface area contributed by atoms with Gasteiger partial charge in [0, 0.05) is 12.6 Å². The molecule has 0 unspecified atom stereocenters. The first-order valence-electron chi connectivity index (χ1n) is 5.91. The van der Waals surface area contributed by atoms with Gasteiger partial charge in [-0.25, -0.2) is 0 Å². The van der Waals surface area contributed by atoms with Gasteiger partial charge in [-0.15, -0.1) is 10.2 Å². The van der Waals surface area contributed by atoms with Crippen molar-refractivity contribution in [2.24, 2.45) is 7.05 Å². The predicted octanol–water partition coefficient (Wildman–Crippen LogP) is 0.166. The molecular weight excluding hydrogens is 206 g/mol. The highest BCUT2D eigenvalue weighted by atomic mass is 16.3. The summed E-state index contributed by atoms with van der Waals surface area (Å²) >= 11 is 0. The molecule has 0 aromatic carbocycles. The third-order valence-electron chi connectivity index (χ3n) is 3.03. The molecule has 0 amide bonds. The Kier molecular flexibility index (Phi) is 3.84. The molecule has 1 atom stereocenters. The number of aromatic nitrogens is 4. The van der Waals surface area contributed by atoms with Crippen molar-refractivity contribution in [2.45, 2.75) is 44.2 Å². The number of rotatable bonds is 4. The Morgan fingerprint density at radius 3 is 2.81 bits per heavy atom. The lowest BCUT2D eigenvalue weighted by Crippen LogP contribution is -2.34. The second-order valence-corrected chi connectivity index (χ2v) is 4.40. The molecule has 1 aliphatic rings. The van der Waals surface area contributed by atoms with Crippen LogP contribution in [0.1, 0.15) is 44.0 Å². The van der Waals surface area contributed by atoms with Crippen molar-refractivity contribution in [3.05, 3.63) is 5.82 Å². The van der Waals surface area contributed by atoms with Gasteiger partial charge in [-0.3, -0.25) is 0 Å². The van der Waals surface area contributed by atoms with Crippen LogP contribution in [-0.4, -0.2) is 37.9 Å². The quantitative estimate of drug-likeness (QED) is 0.763. The first-order valence-corrected chi connectivity index (χ1v) is 5.91. The van der Waals surface area contributed by atoms with Crippen molar-refractivity contribution in [1.29, 1.82) is 0 Å². The molecule has 0 bridgehead atoms. The van der Waals surface area contributed by atoms with E-state index in [-0.39, 0.29) is 0 Å². The smallest absolute Gasteiger partial charge is 0.204 e. The minimum atomic E-state index is -0.657. The lowest BCUT2D eigenvalue weighted by molar-refractivity contribution is 0.156. The summed E-state index contributed by atoms with van der Waals surface area (Å²) in [4.78, 5) is 1.36. The van der Waals surface area contributed by atoms with Crippen LogP contribution < -0.4 is 5.32 Å². The summed E-state index contributed by atoms with van der Waals surface area (Å²) in [5.41, 5.74) is 0. The zero-order chi connectivity index (χ0) is 11.4. The minimum Gasteiger partial charge on any atom is -0.384 e. The maximum Gasteiger partial charge on any atom is 0.204 e. The van der Waals surface area contributed by atoms with Crippen LogP contribution >= 0.6 is 0 Å². The van der Waals surface area contributed by atoms with Crippen molar-refractivity contribution in [2.75, 3.05) is 6.54 Å². The van der Waals surface area contributed by atoms with Gasteiger partial charge in [-0.1, -0.05) is 19.3 Å². The highest BCUT2D eigenvalue weighted by Crippen LogP contribution is 2.17. The van der Waals surface area contributed by atoms with Gasteiger partial charge in [-0.2, -0.15) is 4.80 Å². The van der Waals surface area contributed by atoms with Crippen LogP contribution in [0.25, 0.3) is 0 Å². The number of hydrogen-bond donors (Lipinski definition) is 2. The SMILES string of the molecule is Cn1nnc([C@@H](O)CNC2CCCCC2)n1. The van der Waals surface area contributed by atoms with Gasteiger partial charge >= 0.3 is 0 Å². The molecule has 1 fully saturated rings. The van der Waals surface area contributed by atoms with E-state index in [2.05, 4.69) is 20.7 Å². The number of aliphatic hydroxyl groups is 1. The summed E-state index contributed by atoms with van der Waals surface area (Å²) in [6.45, 7) is 0.510. The maximum atomic E-state index is 9.82. The number of aliphatic hydroxyl groups excluding tert-OH is 1. The molecule has 2 rings (SSSR count). The second kappa shape index (κ2) is 5.36. The van der Waals surface area contributed by atoms with Crippen LogP contribution in [0, 0.1) is 0 Å². The second-order valence-electron chi connectivity index (χ2n) is 4.40. The first-order chi connectivity index (χ1) is 7.75. The Balaban J connectivity index is 1.76. The highest BCUT2D eigenvalue weighted by Gasteiger charge is 2.17. The minimum absolute atomic E-state index is 0.394. The van der Waals surface area contributed by atoms with Crippen LogP contribution in [0.3, 0.4) is 0 Å².